The van der Waals surface area contributed by atoms with Crippen LogP contribution in [0.25, 0.3) is 5.57 Å². The summed E-state index contributed by atoms with van der Waals surface area (Å²) in [6, 6.07) is 0. The third kappa shape index (κ3) is 9.36. The van der Waals surface area contributed by atoms with Crippen LogP contribution >= 0.6 is 0 Å². The molecule has 0 radical (unpaired) electrons. The van der Waals surface area contributed by atoms with Gasteiger partial charge in [0, 0.05) is 35.7 Å². The standard InChI is InChI=1S/C27H38NO5/c1-6-19(3)12-10-8-9-11-13-20(4)14-22(7-2)21(5)25(18-29)23-15-28(17-26(30)31)16-24(23)27(32)33/h6-7,14-16,18-19,22,27,32H,1-2,8-13,17H2,3-5H3,(H,30,31)/q-1/b20-14+,25-21-. The van der Waals surface area contributed by atoms with Gasteiger partial charge in [-0.3, -0.25) is 9.59 Å². The van der Waals surface area contributed by atoms with E-state index in [1.165, 1.54) is 41.8 Å². The zero-order valence-corrected chi connectivity index (χ0v) is 20.1. The van der Waals surface area contributed by atoms with Gasteiger partial charge in [0.05, 0.1) is 0 Å². The fourth-order valence-electron chi connectivity index (χ4n) is 3.84. The molecule has 0 bridgehead atoms. The number of allylic oxidation sites excluding steroid dienone is 6. The highest BCUT2D eigenvalue weighted by Gasteiger charge is 2.18. The molecule has 182 valence electrons. The fourth-order valence-corrected chi connectivity index (χ4v) is 3.84. The second kappa shape index (κ2) is 14.4. The topological polar surface area (TPSA) is 103 Å². The number of carboxylic acid groups (broad SMARTS) is 1. The van der Waals surface area contributed by atoms with E-state index in [-0.39, 0.29) is 29.2 Å². The number of hydrogen-bond acceptors (Lipinski definition) is 4. The average Bonchev–Trinajstić information content (AvgIpc) is 3.17. The second-order valence-electron chi connectivity index (χ2n) is 8.70. The van der Waals surface area contributed by atoms with Crippen LogP contribution < -0.4 is 5.11 Å². The Bertz CT molecular complexity index is 875. The van der Waals surface area contributed by atoms with Gasteiger partial charge in [-0.05, 0) is 44.6 Å². The average molecular weight is 457 g/mol. The Morgan fingerprint density at radius 3 is 2.36 bits per heavy atom. The van der Waals surface area contributed by atoms with Crippen molar-refractivity contribution < 1.29 is 24.9 Å². The zero-order valence-electron chi connectivity index (χ0n) is 20.1. The van der Waals surface area contributed by atoms with Gasteiger partial charge in [-0.15, -0.1) is 13.2 Å². The van der Waals surface area contributed by atoms with Gasteiger partial charge in [-0.2, -0.15) is 0 Å². The summed E-state index contributed by atoms with van der Waals surface area (Å²) >= 11 is 0. The largest absolute Gasteiger partial charge is 0.828 e. The smallest absolute Gasteiger partial charge is 0.323 e. The summed E-state index contributed by atoms with van der Waals surface area (Å²) in [5.41, 5.74) is 2.36. The van der Waals surface area contributed by atoms with Crippen molar-refractivity contribution in [1.29, 1.82) is 0 Å². The number of aliphatic hydroxyl groups excluding tert-OH is 1. The lowest BCUT2D eigenvalue weighted by Gasteiger charge is -2.18. The maximum absolute atomic E-state index is 12.0. The van der Waals surface area contributed by atoms with Gasteiger partial charge in [-0.1, -0.05) is 55.6 Å². The number of nitrogens with zero attached hydrogens (tertiary/aromatic N) is 1. The lowest BCUT2D eigenvalue weighted by Crippen LogP contribution is -2.15. The van der Waals surface area contributed by atoms with Gasteiger partial charge < -0.3 is 19.9 Å². The first-order chi connectivity index (χ1) is 15.6. The first-order valence-corrected chi connectivity index (χ1v) is 11.5. The molecule has 0 fully saturated rings. The van der Waals surface area contributed by atoms with Crippen molar-refractivity contribution in [3.05, 3.63) is 66.1 Å². The SMILES string of the molecule is C=CC(C)CCCCCC/C(C)=C/C(C=C)/C(C)=C(/C=O)c1cn(CC(=O)O)cc1C([O-])O. The van der Waals surface area contributed by atoms with E-state index in [0.717, 1.165) is 19.3 Å². The van der Waals surface area contributed by atoms with E-state index < -0.39 is 12.3 Å². The number of carboxylic acids is 1. The highest BCUT2D eigenvalue weighted by Crippen LogP contribution is 2.30. The molecule has 1 aromatic rings. The van der Waals surface area contributed by atoms with Crippen LogP contribution in [-0.4, -0.2) is 27.0 Å². The highest BCUT2D eigenvalue weighted by molar-refractivity contribution is 6.09. The second-order valence-corrected chi connectivity index (χ2v) is 8.70. The van der Waals surface area contributed by atoms with Crippen molar-refractivity contribution in [1.82, 2.24) is 4.57 Å². The van der Waals surface area contributed by atoms with Gasteiger partial charge >= 0.3 is 5.97 Å². The molecule has 3 atom stereocenters. The Morgan fingerprint density at radius 1 is 1.15 bits per heavy atom. The molecule has 0 saturated carbocycles. The minimum absolute atomic E-state index is 0.0213. The van der Waals surface area contributed by atoms with Crippen LogP contribution in [0.2, 0.25) is 0 Å². The molecule has 0 aliphatic carbocycles. The van der Waals surface area contributed by atoms with E-state index in [9.17, 15) is 19.8 Å². The van der Waals surface area contributed by atoms with Crippen molar-refractivity contribution in [2.45, 2.75) is 72.1 Å². The molecule has 6 nitrogen and oxygen atoms in total. The minimum atomic E-state index is -2.08. The zero-order chi connectivity index (χ0) is 25.0. The fraction of sp³-hybridized carbons (Fsp3) is 0.481. The highest BCUT2D eigenvalue weighted by atomic mass is 16.5. The van der Waals surface area contributed by atoms with Gasteiger partial charge in [0.1, 0.15) is 6.54 Å². The molecule has 1 aromatic heterocycles. The number of aromatic nitrogens is 1. The molecule has 3 unspecified atom stereocenters. The predicted molar refractivity (Wildman–Crippen MR) is 130 cm³/mol. The van der Waals surface area contributed by atoms with E-state index in [1.807, 2.05) is 6.08 Å². The summed E-state index contributed by atoms with van der Waals surface area (Å²) in [6.07, 6.45) is 13.8. The maximum Gasteiger partial charge on any atom is 0.323 e. The number of unbranched alkanes of at least 4 members (excludes halogenated alkanes) is 3. The molecule has 0 saturated heterocycles. The van der Waals surface area contributed by atoms with Crippen LogP contribution in [0.15, 0.2) is 54.9 Å². The summed E-state index contributed by atoms with van der Waals surface area (Å²) in [6.45, 7) is 13.4. The number of aliphatic carboxylic acids is 1. The van der Waals surface area contributed by atoms with Gasteiger partial charge in [-0.25, -0.2) is 0 Å². The number of hydrogen-bond donors (Lipinski definition) is 2. The molecular weight excluding hydrogens is 418 g/mol. The minimum Gasteiger partial charge on any atom is -0.828 e. The predicted octanol–water partition coefficient (Wildman–Crippen LogP) is 4.81. The van der Waals surface area contributed by atoms with E-state index in [1.54, 1.807) is 13.0 Å². The molecule has 0 aliphatic heterocycles. The molecule has 33 heavy (non-hydrogen) atoms. The number of aliphatic hydroxyl groups is 1. The van der Waals surface area contributed by atoms with Crippen molar-refractivity contribution >= 4 is 17.8 Å². The molecule has 2 N–H and O–H groups in total. The number of aldehydes is 1. The van der Waals surface area contributed by atoms with Crippen LogP contribution in [0.5, 0.6) is 0 Å². The van der Waals surface area contributed by atoms with E-state index in [2.05, 4.69) is 33.1 Å². The summed E-state index contributed by atoms with van der Waals surface area (Å²) in [7, 11) is 0. The molecule has 1 heterocycles. The summed E-state index contributed by atoms with van der Waals surface area (Å²) in [5, 5.41) is 30.4. The Kier molecular flexibility index (Phi) is 12.4. The normalized spacial score (nSPS) is 15.4. The van der Waals surface area contributed by atoms with Gasteiger partial charge in [0.25, 0.3) is 0 Å². The number of rotatable bonds is 16. The van der Waals surface area contributed by atoms with Crippen LogP contribution in [0.4, 0.5) is 0 Å². The van der Waals surface area contributed by atoms with Gasteiger partial charge in [0.2, 0.25) is 0 Å². The first kappa shape index (κ1) is 28.3. The van der Waals surface area contributed by atoms with E-state index in [0.29, 0.717) is 17.8 Å². The lowest BCUT2D eigenvalue weighted by molar-refractivity contribution is -0.490. The van der Waals surface area contributed by atoms with E-state index in [4.69, 9.17) is 5.11 Å². The molecule has 0 aromatic carbocycles. The lowest BCUT2D eigenvalue weighted by atomic mass is 9.89. The van der Waals surface area contributed by atoms with Crippen LogP contribution in [0.3, 0.4) is 0 Å². The summed E-state index contributed by atoms with van der Waals surface area (Å²) in [5.74, 6) is -0.751. The van der Waals surface area contributed by atoms with Gasteiger partial charge in [0.15, 0.2) is 6.29 Å². The molecular formula is C27H38NO5-. The first-order valence-electron chi connectivity index (χ1n) is 11.5. The van der Waals surface area contributed by atoms with Crippen molar-refractivity contribution in [2.75, 3.05) is 0 Å². The summed E-state index contributed by atoms with van der Waals surface area (Å²) in [4.78, 5) is 23.0. The van der Waals surface area contributed by atoms with Crippen molar-refractivity contribution in [2.24, 2.45) is 11.8 Å². The third-order valence-corrected chi connectivity index (χ3v) is 5.93. The Labute approximate surface area is 197 Å². The summed E-state index contributed by atoms with van der Waals surface area (Å²) < 4.78 is 1.28. The monoisotopic (exact) mass is 456 g/mol. The molecule has 0 aliphatic rings. The van der Waals surface area contributed by atoms with Crippen LogP contribution in [0.1, 0.15) is 76.7 Å². The van der Waals surface area contributed by atoms with Crippen LogP contribution in [-0.2, 0) is 16.1 Å². The van der Waals surface area contributed by atoms with E-state index >= 15 is 0 Å². The number of carbonyl (C=O) groups excluding carboxylic acids is 1. The van der Waals surface area contributed by atoms with Crippen molar-refractivity contribution in [3.63, 3.8) is 0 Å². The Hall–Kier alpha value is -2.70. The molecule has 0 spiro atoms. The van der Waals surface area contributed by atoms with Crippen LogP contribution in [0, 0.1) is 11.8 Å². The molecule has 0 amide bonds. The third-order valence-electron chi connectivity index (χ3n) is 5.93. The number of carbonyl (C=O) groups is 2. The maximum atomic E-state index is 12.0. The Balaban J connectivity index is 2.98. The molecule has 1 rings (SSSR count). The molecule has 6 heteroatoms. The quantitative estimate of drug-likeness (QED) is 0.122. The Morgan fingerprint density at radius 2 is 1.82 bits per heavy atom. The van der Waals surface area contributed by atoms with Crippen molar-refractivity contribution in [3.8, 4) is 0 Å².